The summed E-state index contributed by atoms with van der Waals surface area (Å²) >= 11 is 0. The standard InChI is InChI=1S/C29H36N6O3/c1-19-8-11-21-16-24(28(36)30-25(21)15-19)26(27-31-32-33-35(27)29(2,3)4)34(18-23-7-6-14-38-23)17-20-9-12-22(37-5)13-10-20/h8-13,15-16,23,26H,6-7,14,17-18H2,1-5H3,(H,30,36)/t23-,26+/m0/s1. The number of aromatic amines is 1. The zero-order valence-corrected chi connectivity index (χ0v) is 22.8. The van der Waals surface area contributed by atoms with Gasteiger partial charge in [-0.05, 0) is 91.7 Å². The molecule has 9 heteroatoms. The first-order valence-corrected chi connectivity index (χ1v) is 13.1. The van der Waals surface area contributed by atoms with E-state index in [0.29, 0.717) is 24.5 Å². The largest absolute Gasteiger partial charge is 0.497 e. The number of fused-ring (bicyclic) bond motifs is 1. The maximum atomic E-state index is 13.7. The topological polar surface area (TPSA) is 98.2 Å². The summed E-state index contributed by atoms with van der Waals surface area (Å²) in [6.07, 6.45) is 2.07. The van der Waals surface area contributed by atoms with Gasteiger partial charge in [-0.25, -0.2) is 4.68 Å². The lowest BCUT2D eigenvalue weighted by Gasteiger charge is -2.34. The van der Waals surface area contributed by atoms with Crippen LogP contribution in [0, 0.1) is 6.92 Å². The Morgan fingerprint density at radius 1 is 1.18 bits per heavy atom. The summed E-state index contributed by atoms with van der Waals surface area (Å²) in [4.78, 5) is 19.1. The fourth-order valence-electron chi connectivity index (χ4n) is 5.15. The van der Waals surface area contributed by atoms with Crippen LogP contribution >= 0.6 is 0 Å². The van der Waals surface area contributed by atoms with Gasteiger partial charge in [0.1, 0.15) is 11.8 Å². The Hall–Kier alpha value is -3.56. The number of methoxy groups -OCH3 is 1. The van der Waals surface area contributed by atoms with Crippen molar-refractivity contribution in [3.8, 4) is 5.75 Å². The Labute approximate surface area is 222 Å². The smallest absolute Gasteiger partial charge is 0.253 e. The fourth-order valence-corrected chi connectivity index (χ4v) is 5.15. The molecular weight excluding hydrogens is 480 g/mol. The van der Waals surface area contributed by atoms with Crippen molar-refractivity contribution in [3.63, 3.8) is 0 Å². The summed E-state index contributed by atoms with van der Waals surface area (Å²) in [5.41, 5.74) is 3.07. The molecule has 2 atom stereocenters. The zero-order valence-electron chi connectivity index (χ0n) is 22.8. The van der Waals surface area contributed by atoms with Crippen LogP contribution in [0.1, 0.15) is 62.2 Å². The Bertz CT molecular complexity index is 1450. The second-order valence-electron chi connectivity index (χ2n) is 11.1. The van der Waals surface area contributed by atoms with Gasteiger partial charge in [-0.1, -0.05) is 24.3 Å². The van der Waals surface area contributed by atoms with E-state index in [4.69, 9.17) is 9.47 Å². The first-order valence-electron chi connectivity index (χ1n) is 13.1. The SMILES string of the molecule is COc1ccc(CN(C[C@@H]2CCCO2)[C@H](c2cc3ccc(C)cc3[nH]c2=O)c2nnnn2C(C)(C)C)cc1. The van der Waals surface area contributed by atoms with Crippen molar-refractivity contribution in [2.45, 2.75) is 64.8 Å². The number of aryl methyl sites for hydroxylation is 1. The second-order valence-corrected chi connectivity index (χ2v) is 11.1. The van der Waals surface area contributed by atoms with Crippen molar-refractivity contribution < 1.29 is 9.47 Å². The minimum absolute atomic E-state index is 0.0666. The number of pyridine rings is 1. The van der Waals surface area contributed by atoms with Gasteiger partial charge < -0.3 is 14.5 Å². The lowest BCUT2D eigenvalue weighted by molar-refractivity contribution is 0.0564. The molecule has 0 unspecified atom stereocenters. The molecule has 1 aliphatic rings. The highest BCUT2D eigenvalue weighted by molar-refractivity contribution is 5.79. The highest BCUT2D eigenvalue weighted by Crippen LogP contribution is 2.32. The summed E-state index contributed by atoms with van der Waals surface area (Å²) in [7, 11) is 1.66. The number of hydrogen-bond acceptors (Lipinski definition) is 7. The Morgan fingerprint density at radius 2 is 1.97 bits per heavy atom. The van der Waals surface area contributed by atoms with E-state index in [1.807, 2.05) is 41.9 Å². The average molecular weight is 517 g/mol. The summed E-state index contributed by atoms with van der Waals surface area (Å²) < 4.78 is 13.3. The Morgan fingerprint density at radius 3 is 2.66 bits per heavy atom. The molecule has 2 aromatic heterocycles. The van der Waals surface area contributed by atoms with E-state index < -0.39 is 6.04 Å². The molecule has 0 amide bonds. The van der Waals surface area contributed by atoms with Gasteiger partial charge in [0.15, 0.2) is 5.82 Å². The van der Waals surface area contributed by atoms with Gasteiger partial charge in [-0.15, -0.1) is 5.10 Å². The molecule has 0 aliphatic carbocycles. The van der Waals surface area contributed by atoms with E-state index in [2.05, 4.69) is 64.4 Å². The molecule has 0 radical (unpaired) electrons. The molecule has 3 heterocycles. The van der Waals surface area contributed by atoms with Crippen LogP contribution in [-0.2, 0) is 16.8 Å². The fraction of sp³-hybridized carbons (Fsp3) is 0.448. The highest BCUT2D eigenvalue weighted by Gasteiger charge is 2.35. The minimum atomic E-state index is -0.495. The first-order chi connectivity index (χ1) is 18.2. The minimum Gasteiger partial charge on any atom is -0.497 e. The third-order valence-electron chi connectivity index (χ3n) is 7.07. The number of hydrogen-bond donors (Lipinski definition) is 1. The van der Waals surface area contributed by atoms with Gasteiger partial charge in [-0.2, -0.15) is 0 Å². The van der Waals surface area contributed by atoms with Gasteiger partial charge >= 0.3 is 0 Å². The van der Waals surface area contributed by atoms with Crippen molar-refractivity contribution in [1.29, 1.82) is 0 Å². The normalized spacial score (nSPS) is 16.8. The van der Waals surface area contributed by atoms with Crippen LogP contribution < -0.4 is 10.3 Å². The molecule has 0 bridgehead atoms. The van der Waals surface area contributed by atoms with E-state index in [1.165, 1.54) is 0 Å². The van der Waals surface area contributed by atoms with Crippen molar-refractivity contribution in [3.05, 3.63) is 81.4 Å². The van der Waals surface area contributed by atoms with Gasteiger partial charge in [-0.3, -0.25) is 9.69 Å². The number of tetrazole rings is 1. The maximum Gasteiger partial charge on any atom is 0.253 e. The summed E-state index contributed by atoms with van der Waals surface area (Å²) in [5.74, 6) is 1.43. The monoisotopic (exact) mass is 516 g/mol. The number of nitrogens with zero attached hydrogens (tertiary/aromatic N) is 5. The summed E-state index contributed by atoms with van der Waals surface area (Å²) in [5, 5.41) is 13.9. The molecule has 9 nitrogen and oxygen atoms in total. The number of ether oxygens (including phenoxy) is 2. The molecular formula is C29H36N6O3. The number of H-pyrrole nitrogens is 1. The van der Waals surface area contributed by atoms with Gasteiger partial charge in [0, 0.05) is 30.8 Å². The van der Waals surface area contributed by atoms with Crippen LogP contribution in [0.2, 0.25) is 0 Å². The lowest BCUT2D eigenvalue weighted by atomic mass is 10.00. The molecule has 200 valence electrons. The molecule has 1 fully saturated rings. The highest BCUT2D eigenvalue weighted by atomic mass is 16.5. The molecule has 2 aromatic carbocycles. The molecule has 1 N–H and O–H groups in total. The van der Waals surface area contributed by atoms with E-state index in [1.54, 1.807) is 7.11 Å². The van der Waals surface area contributed by atoms with Crippen molar-refractivity contribution in [1.82, 2.24) is 30.1 Å². The van der Waals surface area contributed by atoms with Gasteiger partial charge in [0.25, 0.3) is 5.56 Å². The quantitative estimate of drug-likeness (QED) is 0.372. The van der Waals surface area contributed by atoms with Crippen LogP contribution in [0.3, 0.4) is 0 Å². The average Bonchev–Trinajstić information content (AvgIpc) is 3.57. The van der Waals surface area contributed by atoms with Crippen LogP contribution in [0.4, 0.5) is 0 Å². The number of nitrogens with one attached hydrogen (secondary N) is 1. The molecule has 1 saturated heterocycles. The first kappa shape index (κ1) is 26.1. The van der Waals surface area contributed by atoms with Gasteiger partial charge in [0.05, 0.1) is 18.8 Å². The van der Waals surface area contributed by atoms with Crippen molar-refractivity contribution in [2.75, 3.05) is 20.3 Å². The number of rotatable bonds is 8. The molecule has 1 aliphatic heterocycles. The number of aromatic nitrogens is 5. The Kier molecular flexibility index (Phi) is 7.32. The predicted molar refractivity (Wildman–Crippen MR) is 146 cm³/mol. The molecule has 0 spiro atoms. The van der Waals surface area contributed by atoms with Crippen molar-refractivity contribution in [2.24, 2.45) is 0 Å². The van der Waals surface area contributed by atoms with E-state index in [0.717, 1.165) is 47.2 Å². The third kappa shape index (κ3) is 5.49. The number of benzene rings is 2. The summed E-state index contributed by atoms with van der Waals surface area (Å²) in [6.45, 7) is 10.2. The van der Waals surface area contributed by atoms with Crippen LogP contribution in [-0.4, -0.2) is 56.5 Å². The van der Waals surface area contributed by atoms with E-state index in [9.17, 15) is 4.79 Å². The van der Waals surface area contributed by atoms with Crippen LogP contribution in [0.5, 0.6) is 5.75 Å². The van der Waals surface area contributed by atoms with E-state index in [-0.39, 0.29) is 17.2 Å². The second kappa shape index (κ2) is 10.7. The molecule has 0 saturated carbocycles. The summed E-state index contributed by atoms with van der Waals surface area (Å²) in [6, 6.07) is 15.6. The Balaban J connectivity index is 1.67. The maximum absolute atomic E-state index is 13.7. The molecule has 5 rings (SSSR count). The lowest BCUT2D eigenvalue weighted by Crippen LogP contribution is -2.40. The van der Waals surface area contributed by atoms with Gasteiger partial charge in [0.2, 0.25) is 0 Å². The zero-order chi connectivity index (χ0) is 26.9. The molecule has 38 heavy (non-hydrogen) atoms. The molecule has 4 aromatic rings. The van der Waals surface area contributed by atoms with Crippen LogP contribution in [0.15, 0.2) is 53.3 Å². The van der Waals surface area contributed by atoms with E-state index >= 15 is 0 Å². The van der Waals surface area contributed by atoms with Crippen molar-refractivity contribution >= 4 is 10.9 Å². The third-order valence-corrected chi connectivity index (χ3v) is 7.07. The predicted octanol–water partition coefficient (Wildman–Crippen LogP) is 4.36. The van der Waals surface area contributed by atoms with Crippen LogP contribution in [0.25, 0.3) is 10.9 Å².